The molecule has 1 aliphatic rings. The Bertz CT molecular complexity index is 1060. The van der Waals surface area contributed by atoms with Crippen molar-refractivity contribution in [3.05, 3.63) is 45.8 Å². The molecular formula is C18H20N2O3S2. The second-order valence-electron chi connectivity index (χ2n) is 6.33. The van der Waals surface area contributed by atoms with Gasteiger partial charge in [0.25, 0.3) is 10.0 Å². The van der Waals surface area contributed by atoms with Crippen LogP contribution in [0.2, 0.25) is 0 Å². The van der Waals surface area contributed by atoms with Crippen molar-refractivity contribution < 1.29 is 13.2 Å². The molecule has 4 rings (SSSR count). The molecule has 0 radical (unpaired) electrons. The van der Waals surface area contributed by atoms with Crippen molar-refractivity contribution in [3.8, 4) is 5.75 Å². The fourth-order valence-corrected chi connectivity index (χ4v) is 6.36. The molecule has 0 saturated carbocycles. The molecule has 1 N–H and O–H groups in total. The maximum atomic E-state index is 13.2. The van der Waals surface area contributed by atoms with Gasteiger partial charge in [-0.15, -0.1) is 11.3 Å². The van der Waals surface area contributed by atoms with E-state index in [1.165, 1.54) is 15.3 Å². The van der Waals surface area contributed by atoms with Crippen LogP contribution in [0.5, 0.6) is 5.75 Å². The molecule has 0 saturated heterocycles. The van der Waals surface area contributed by atoms with Gasteiger partial charge in [0.05, 0.1) is 5.52 Å². The maximum absolute atomic E-state index is 13.2. The SMILES string of the molecule is Cc1cc(S(=O)(=O)n2ccc3c4c(ccc32)OCCNC4C)c(C)s1. The van der Waals surface area contributed by atoms with Crippen LogP contribution in [0.4, 0.5) is 0 Å². The highest BCUT2D eigenvalue weighted by Gasteiger charge is 2.26. The monoisotopic (exact) mass is 376 g/mol. The molecule has 132 valence electrons. The summed E-state index contributed by atoms with van der Waals surface area (Å²) in [4.78, 5) is 2.19. The lowest BCUT2D eigenvalue weighted by Crippen LogP contribution is -2.20. The molecule has 0 fully saturated rings. The molecule has 25 heavy (non-hydrogen) atoms. The van der Waals surface area contributed by atoms with Crippen molar-refractivity contribution >= 4 is 32.3 Å². The Morgan fingerprint density at radius 2 is 2.08 bits per heavy atom. The zero-order chi connectivity index (χ0) is 17.8. The average molecular weight is 377 g/mol. The van der Waals surface area contributed by atoms with Crippen LogP contribution in [-0.4, -0.2) is 25.5 Å². The minimum absolute atomic E-state index is 0.102. The predicted molar refractivity (Wildman–Crippen MR) is 100 cm³/mol. The second kappa shape index (κ2) is 5.86. The number of benzene rings is 1. The molecule has 3 aromatic rings. The van der Waals surface area contributed by atoms with Crippen LogP contribution in [0.3, 0.4) is 0 Å². The van der Waals surface area contributed by atoms with E-state index in [0.29, 0.717) is 17.0 Å². The molecule has 0 amide bonds. The van der Waals surface area contributed by atoms with Crippen LogP contribution >= 0.6 is 11.3 Å². The molecule has 1 atom stereocenters. The second-order valence-corrected chi connectivity index (χ2v) is 9.57. The summed E-state index contributed by atoms with van der Waals surface area (Å²) >= 11 is 1.50. The van der Waals surface area contributed by atoms with Crippen molar-refractivity contribution in [2.45, 2.75) is 31.7 Å². The first-order valence-corrected chi connectivity index (χ1v) is 10.5. The van der Waals surface area contributed by atoms with E-state index in [2.05, 4.69) is 12.2 Å². The number of fused-ring (bicyclic) bond motifs is 3. The fraction of sp³-hybridized carbons (Fsp3) is 0.333. The lowest BCUT2D eigenvalue weighted by molar-refractivity contribution is 0.325. The van der Waals surface area contributed by atoms with Crippen molar-refractivity contribution in [3.63, 3.8) is 0 Å². The Hall–Kier alpha value is -1.83. The number of thiophene rings is 1. The third-order valence-electron chi connectivity index (χ3n) is 4.61. The summed E-state index contributed by atoms with van der Waals surface area (Å²) in [5, 5.41) is 4.31. The van der Waals surface area contributed by atoms with Crippen LogP contribution < -0.4 is 10.1 Å². The maximum Gasteiger partial charge on any atom is 0.269 e. The van der Waals surface area contributed by atoms with Gasteiger partial charge >= 0.3 is 0 Å². The summed E-state index contributed by atoms with van der Waals surface area (Å²) in [6.45, 7) is 7.22. The lowest BCUT2D eigenvalue weighted by Gasteiger charge is -2.14. The Morgan fingerprint density at radius 3 is 2.80 bits per heavy atom. The van der Waals surface area contributed by atoms with Gasteiger partial charge < -0.3 is 10.1 Å². The highest BCUT2D eigenvalue weighted by molar-refractivity contribution is 7.90. The number of nitrogens with one attached hydrogen (secondary N) is 1. The van der Waals surface area contributed by atoms with Gasteiger partial charge in [-0.2, -0.15) is 0 Å². The fourth-order valence-electron chi connectivity index (χ4n) is 3.48. The Labute approximate surface area is 151 Å². The molecule has 1 aliphatic heterocycles. The van der Waals surface area contributed by atoms with Crippen LogP contribution in [0.15, 0.2) is 35.4 Å². The molecule has 3 heterocycles. The molecule has 0 aliphatic carbocycles. The van der Waals surface area contributed by atoms with E-state index in [0.717, 1.165) is 33.0 Å². The highest BCUT2D eigenvalue weighted by Crippen LogP contribution is 2.36. The number of ether oxygens (including phenoxy) is 1. The molecule has 7 heteroatoms. The van der Waals surface area contributed by atoms with Gasteiger partial charge in [-0.3, -0.25) is 0 Å². The first kappa shape index (κ1) is 16.6. The molecule has 2 aromatic heterocycles. The molecule has 0 spiro atoms. The summed E-state index contributed by atoms with van der Waals surface area (Å²) in [7, 11) is -3.62. The van der Waals surface area contributed by atoms with Crippen molar-refractivity contribution in [2.24, 2.45) is 0 Å². The summed E-state index contributed by atoms with van der Waals surface area (Å²) in [6.07, 6.45) is 1.64. The zero-order valence-electron chi connectivity index (χ0n) is 14.4. The van der Waals surface area contributed by atoms with Gasteiger partial charge in [-0.05, 0) is 45.0 Å². The molecule has 5 nitrogen and oxygen atoms in total. The van der Waals surface area contributed by atoms with Gasteiger partial charge in [-0.1, -0.05) is 0 Å². The van der Waals surface area contributed by atoms with Gasteiger partial charge in [0, 0.05) is 39.5 Å². The first-order valence-electron chi connectivity index (χ1n) is 8.22. The smallest absolute Gasteiger partial charge is 0.269 e. The van der Waals surface area contributed by atoms with Crippen molar-refractivity contribution in [1.82, 2.24) is 9.29 Å². The van der Waals surface area contributed by atoms with Gasteiger partial charge in [0.15, 0.2) is 0 Å². The van der Waals surface area contributed by atoms with E-state index < -0.39 is 10.0 Å². The number of aromatic nitrogens is 1. The quantitative estimate of drug-likeness (QED) is 0.742. The van der Waals surface area contributed by atoms with Gasteiger partial charge in [0.1, 0.15) is 17.3 Å². The van der Waals surface area contributed by atoms with E-state index >= 15 is 0 Å². The predicted octanol–water partition coefficient (Wildman–Crippen LogP) is 3.60. The van der Waals surface area contributed by atoms with Crippen LogP contribution in [0, 0.1) is 13.8 Å². The van der Waals surface area contributed by atoms with Gasteiger partial charge in [0.2, 0.25) is 0 Å². The summed E-state index contributed by atoms with van der Waals surface area (Å²) < 4.78 is 33.6. The van der Waals surface area contributed by atoms with Crippen molar-refractivity contribution in [1.29, 1.82) is 0 Å². The van der Waals surface area contributed by atoms with E-state index in [1.54, 1.807) is 12.3 Å². The van der Waals surface area contributed by atoms with Crippen molar-refractivity contribution in [2.75, 3.05) is 13.2 Å². The largest absolute Gasteiger partial charge is 0.492 e. The van der Waals surface area contributed by atoms with E-state index in [9.17, 15) is 8.42 Å². The Morgan fingerprint density at radius 1 is 1.28 bits per heavy atom. The minimum Gasteiger partial charge on any atom is -0.492 e. The van der Waals surface area contributed by atoms with Gasteiger partial charge in [-0.25, -0.2) is 12.4 Å². The summed E-state index contributed by atoms with van der Waals surface area (Å²) in [5.41, 5.74) is 1.70. The zero-order valence-corrected chi connectivity index (χ0v) is 16.0. The van der Waals surface area contributed by atoms with Crippen LogP contribution in [0.25, 0.3) is 10.9 Å². The molecule has 1 unspecified atom stereocenters. The summed E-state index contributed by atoms with van der Waals surface area (Å²) in [6, 6.07) is 7.42. The first-order chi connectivity index (χ1) is 11.9. The Balaban J connectivity index is 1.95. The molecule has 0 bridgehead atoms. The minimum atomic E-state index is -3.62. The van der Waals surface area contributed by atoms with Crippen LogP contribution in [0.1, 0.15) is 28.3 Å². The number of aryl methyl sites for hydroxylation is 2. The number of rotatable bonds is 2. The molecule has 1 aromatic carbocycles. The number of hydrogen-bond donors (Lipinski definition) is 1. The van der Waals surface area contributed by atoms with E-state index in [-0.39, 0.29) is 6.04 Å². The topological polar surface area (TPSA) is 60.3 Å². The third-order valence-corrected chi connectivity index (χ3v) is 7.52. The lowest BCUT2D eigenvalue weighted by atomic mass is 10.0. The standard InChI is InChI=1S/C18H20N2O3S2/c1-11-10-17(13(3)24-11)25(21,22)20-8-6-14-15(20)4-5-16-18(14)12(2)19-7-9-23-16/h4-6,8,10,12,19H,7,9H2,1-3H3. The average Bonchev–Trinajstić information content (AvgIpc) is 3.08. The Kier molecular flexibility index (Phi) is 3.90. The third kappa shape index (κ3) is 2.58. The van der Waals surface area contributed by atoms with Crippen LogP contribution in [-0.2, 0) is 10.0 Å². The normalized spacial score (nSPS) is 18.0. The molecular weight excluding hydrogens is 356 g/mol. The number of nitrogens with zero attached hydrogens (tertiary/aromatic N) is 1. The summed E-state index contributed by atoms with van der Waals surface area (Å²) in [5.74, 6) is 0.822. The highest BCUT2D eigenvalue weighted by atomic mass is 32.2. The number of hydrogen-bond acceptors (Lipinski definition) is 5. The van der Waals surface area contributed by atoms with E-state index in [4.69, 9.17) is 4.74 Å². The van der Waals surface area contributed by atoms with E-state index in [1.807, 2.05) is 32.0 Å².